The molecule has 0 amide bonds. The van der Waals surface area contributed by atoms with Crippen molar-refractivity contribution in [1.29, 1.82) is 0 Å². The van der Waals surface area contributed by atoms with Crippen molar-refractivity contribution in [1.82, 2.24) is 9.88 Å². The summed E-state index contributed by atoms with van der Waals surface area (Å²) in [5.74, 6) is 0. The first-order valence-electron chi connectivity index (χ1n) is 7.95. The van der Waals surface area contributed by atoms with Crippen LogP contribution in [0.25, 0.3) is 10.8 Å². The summed E-state index contributed by atoms with van der Waals surface area (Å²) >= 11 is 0. The van der Waals surface area contributed by atoms with Crippen molar-refractivity contribution in [3.05, 3.63) is 42.2 Å². The van der Waals surface area contributed by atoms with E-state index in [1.54, 1.807) is 0 Å². The second-order valence-corrected chi connectivity index (χ2v) is 6.75. The maximum Gasteiger partial charge on any atom is 0.0947 e. The molecule has 0 saturated carbocycles. The quantitative estimate of drug-likeness (QED) is 0.873. The third kappa shape index (κ3) is 2.07. The van der Waals surface area contributed by atoms with Crippen LogP contribution in [0.2, 0.25) is 0 Å². The molecule has 1 aromatic carbocycles. The molecule has 2 bridgehead atoms. The zero-order valence-corrected chi connectivity index (χ0v) is 12.5. The number of fused-ring (bicyclic) bond motifs is 3. The first-order valence-corrected chi connectivity index (χ1v) is 7.95. The lowest BCUT2D eigenvalue weighted by atomic mass is 9.72. The van der Waals surface area contributed by atoms with Crippen LogP contribution in [0.3, 0.4) is 0 Å². The van der Waals surface area contributed by atoms with Crippen molar-refractivity contribution >= 4 is 10.8 Å². The van der Waals surface area contributed by atoms with Crippen molar-refractivity contribution in [2.45, 2.75) is 49.8 Å². The molecule has 110 valence electrons. The van der Waals surface area contributed by atoms with Gasteiger partial charge in [-0.25, -0.2) is 0 Å². The topological polar surface area (TPSA) is 36.4 Å². The second kappa shape index (κ2) is 4.79. The molecule has 3 nitrogen and oxygen atoms in total. The van der Waals surface area contributed by atoms with Crippen LogP contribution in [0.4, 0.5) is 0 Å². The summed E-state index contributed by atoms with van der Waals surface area (Å²) in [7, 11) is 2.22. The number of aliphatic hydroxyl groups is 1. The molecular formula is C18H22N2O. The van der Waals surface area contributed by atoms with Crippen LogP contribution >= 0.6 is 0 Å². The first-order chi connectivity index (χ1) is 10.2. The van der Waals surface area contributed by atoms with Gasteiger partial charge in [0.05, 0.1) is 5.60 Å². The lowest BCUT2D eigenvalue weighted by Gasteiger charge is -2.50. The maximum absolute atomic E-state index is 11.4. The van der Waals surface area contributed by atoms with Crippen LogP contribution in [0.15, 0.2) is 36.7 Å². The number of nitrogens with zero attached hydrogens (tertiary/aromatic N) is 2. The zero-order valence-electron chi connectivity index (χ0n) is 12.5. The predicted molar refractivity (Wildman–Crippen MR) is 84.1 cm³/mol. The Morgan fingerprint density at radius 2 is 1.86 bits per heavy atom. The summed E-state index contributed by atoms with van der Waals surface area (Å²) in [6, 6.07) is 9.26. The minimum atomic E-state index is -0.726. The summed E-state index contributed by atoms with van der Waals surface area (Å²) in [6.07, 6.45) is 9.12. The summed E-state index contributed by atoms with van der Waals surface area (Å²) in [5.41, 5.74) is 0.293. The number of hydrogen-bond acceptors (Lipinski definition) is 3. The van der Waals surface area contributed by atoms with Gasteiger partial charge >= 0.3 is 0 Å². The number of rotatable bonds is 1. The molecule has 3 heterocycles. The molecule has 0 radical (unpaired) electrons. The van der Waals surface area contributed by atoms with E-state index in [-0.39, 0.29) is 0 Å². The molecule has 2 aliphatic heterocycles. The molecule has 4 rings (SSSR count). The molecule has 2 saturated heterocycles. The summed E-state index contributed by atoms with van der Waals surface area (Å²) in [5, 5.41) is 13.7. The summed E-state index contributed by atoms with van der Waals surface area (Å²) < 4.78 is 0. The second-order valence-electron chi connectivity index (χ2n) is 6.75. The van der Waals surface area contributed by atoms with E-state index in [4.69, 9.17) is 0 Å². The van der Waals surface area contributed by atoms with E-state index in [1.807, 2.05) is 24.5 Å². The Bertz CT molecular complexity index is 650. The average Bonchev–Trinajstić information content (AvgIpc) is 2.48. The van der Waals surface area contributed by atoms with Gasteiger partial charge in [0.25, 0.3) is 0 Å². The Hall–Kier alpha value is -1.45. The van der Waals surface area contributed by atoms with E-state index < -0.39 is 5.60 Å². The number of piperidine rings is 2. The number of pyridine rings is 1. The summed E-state index contributed by atoms with van der Waals surface area (Å²) in [6.45, 7) is 0. The summed E-state index contributed by atoms with van der Waals surface area (Å²) in [4.78, 5) is 6.86. The van der Waals surface area contributed by atoms with E-state index in [0.29, 0.717) is 12.1 Å². The molecule has 2 fully saturated rings. The van der Waals surface area contributed by atoms with Crippen LogP contribution in [-0.2, 0) is 5.60 Å². The van der Waals surface area contributed by atoms with Gasteiger partial charge in [-0.15, -0.1) is 0 Å². The van der Waals surface area contributed by atoms with Gasteiger partial charge in [0, 0.05) is 35.4 Å². The maximum atomic E-state index is 11.4. The van der Waals surface area contributed by atoms with Crippen molar-refractivity contribution in [2.24, 2.45) is 0 Å². The van der Waals surface area contributed by atoms with Crippen molar-refractivity contribution in [3.8, 4) is 0 Å². The smallest absolute Gasteiger partial charge is 0.0947 e. The highest BCUT2D eigenvalue weighted by Gasteiger charge is 2.45. The predicted octanol–water partition coefficient (Wildman–Crippen LogP) is 3.07. The molecule has 2 aromatic rings. The Morgan fingerprint density at radius 3 is 2.62 bits per heavy atom. The fourth-order valence-corrected chi connectivity index (χ4v) is 4.36. The Morgan fingerprint density at radius 1 is 1.14 bits per heavy atom. The van der Waals surface area contributed by atoms with Crippen LogP contribution in [-0.4, -0.2) is 34.1 Å². The SMILES string of the molecule is CN1C2CCCC1CC(O)(c1cncc3ccccc13)C2. The van der Waals surface area contributed by atoms with Gasteiger partial charge in [-0.2, -0.15) is 0 Å². The number of benzene rings is 1. The monoisotopic (exact) mass is 282 g/mol. The largest absolute Gasteiger partial charge is 0.385 e. The van der Waals surface area contributed by atoms with Gasteiger partial charge in [-0.05, 0) is 38.1 Å². The van der Waals surface area contributed by atoms with Crippen LogP contribution in [0.1, 0.15) is 37.7 Å². The molecule has 3 heteroatoms. The van der Waals surface area contributed by atoms with Gasteiger partial charge in [0.15, 0.2) is 0 Å². The average molecular weight is 282 g/mol. The number of hydrogen-bond donors (Lipinski definition) is 1. The Balaban J connectivity index is 1.81. The third-order valence-corrected chi connectivity index (χ3v) is 5.54. The highest BCUT2D eigenvalue weighted by Crippen LogP contribution is 2.44. The fourth-order valence-electron chi connectivity index (χ4n) is 4.36. The third-order valence-electron chi connectivity index (χ3n) is 5.54. The van der Waals surface area contributed by atoms with Gasteiger partial charge in [0.1, 0.15) is 0 Å². The van der Waals surface area contributed by atoms with Gasteiger partial charge < -0.3 is 10.0 Å². The minimum absolute atomic E-state index is 0.501. The van der Waals surface area contributed by atoms with E-state index in [9.17, 15) is 5.11 Å². The highest BCUT2D eigenvalue weighted by atomic mass is 16.3. The van der Waals surface area contributed by atoms with E-state index >= 15 is 0 Å². The zero-order chi connectivity index (χ0) is 14.4. The van der Waals surface area contributed by atoms with E-state index in [0.717, 1.165) is 29.2 Å². The first kappa shape index (κ1) is 13.2. The van der Waals surface area contributed by atoms with Crippen molar-refractivity contribution < 1.29 is 5.11 Å². The van der Waals surface area contributed by atoms with Crippen LogP contribution in [0, 0.1) is 0 Å². The molecule has 1 aromatic heterocycles. The van der Waals surface area contributed by atoms with Gasteiger partial charge in [-0.1, -0.05) is 30.7 Å². The van der Waals surface area contributed by atoms with Crippen molar-refractivity contribution in [3.63, 3.8) is 0 Å². The molecule has 2 aliphatic rings. The van der Waals surface area contributed by atoms with Crippen LogP contribution < -0.4 is 0 Å². The molecule has 21 heavy (non-hydrogen) atoms. The molecule has 0 spiro atoms. The Kier molecular flexibility index (Phi) is 3.02. The van der Waals surface area contributed by atoms with E-state index in [1.165, 1.54) is 19.3 Å². The number of aromatic nitrogens is 1. The van der Waals surface area contributed by atoms with Crippen molar-refractivity contribution in [2.75, 3.05) is 7.05 Å². The highest BCUT2D eigenvalue weighted by molar-refractivity contribution is 5.85. The van der Waals surface area contributed by atoms with Gasteiger partial charge in [-0.3, -0.25) is 4.98 Å². The molecule has 2 atom stereocenters. The van der Waals surface area contributed by atoms with E-state index in [2.05, 4.69) is 29.1 Å². The molecule has 2 unspecified atom stereocenters. The lowest BCUT2D eigenvalue weighted by molar-refractivity contribution is -0.0867. The van der Waals surface area contributed by atoms with Gasteiger partial charge in [0.2, 0.25) is 0 Å². The molecule has 1 N–H and O–H groups in total. The fraction of sp³-hybridized carbons (Fsp3) is 0.500. The standard InChI is InChI=1S/C18H22N2O/c1-20-14-6-4-7-15(20)10-18(21,9-14)17-12-19-11-13-5-2-3-8-16(13)17/h2-3,5,8,11-12,14-15,21H,4,6-7,9-10H2,1H3. The minimum Gasteiger partial charge on any atom is -0.385 e. The Labute approximate surface area is 125 Å². The molecular weight excluding hydrogens is 260 g/mol. The molecule has 0 aliphatic carbocycles. The van der Waals surface area contributed by atoms with Crippen LogP contribution in [0.5, 0.6) is 0 Å². The normalized spacial score (nSPS) is 33.2. The lowest BCUT2D eigenvalue weighted by Crippen LogP contribution is -2.55.